The summed E-state index contributed by atoms with van der Waals surface area (Å²) in [5.41, 5.74) is 2.46. The van der Waals surface area contributed by atoms with Crippen LogP contribution in [0.1, 0.15) is 44.9 Å². The Bertz CT molecular complexity index is 575. The third-order valence-corrected chi connectivity index (χ3v) is 4.69. The molecule has 25 heavy (non-hydrogen) atoms. The summed E-state index contributed by atoms with van der Waals surface area (Å²) in [4.78, 5) is 27.6. The predicted molar refractivity (Wildman–Crippen MR) is 100 cm³/mol. The molecular formula is C20H31N3O2. The average molecular weight is 345 g/mol. The second kappa shape index (κ2) is 8.99. The molecule has 1 aromatic rings. The number of piperazine rings is 1. The maximum absolute atomic E-state index is 12.3. The van der Waals surface area contributed by atoms with Crippen molar-refractivity contribution >= 4 is 11.8 Å². The molecule has 1 heterocycles. The summed E-state index contributed by atoms with van der Waals surface area (Å²) >= 11 is 0. The van der Waals surface area contributed by atoms with Gasteiger partial charge in [-0.15, -0.1) is 0 Å². The van der Waals surface area contributed by atoms with Crippen molar-refractivity contribution in [1.29, 1.82) is 0 Å². The standard InChI is InChI=1S/C20H31N3O2/c1-15(2)13-18-5-7-19(8-6-18)16(3)21-20(25)14-22-9-11-23(12-10-22)17(4)24/h5-8,15-16H,9-14H2,1-4H3,(H,21,25). The first-order valence-electron chi connectivity index (χ1n) is 9.21. The van der Waals surface area contributed by atoms with E-state index in [1.807, 2.05) is 11.8 Å². The topological polar surface area (TPSA) is 52.7 Å². The zero-order chi connectivity index (χ0) is 18.4. The highest BCUT2D eigenvalue weighted by molar-refractivity contribution is 5.78. The van der Waals surface area contributed by atoms with E-state index >= 15 is 0 Å². The van der Waals surface area contributed by atoms with Crippen molar-refractivity contribution in [2.45, 2.75) is 40.2 Å². The first-order chi connectivity index (χ1) is 11.8. The third kappa shape index (κ3) is 6.16. The van der Waals surface area contributed by atoms with Gasteiger partial charge in [0.1, 0.15) is 0 Å². The number of carbonyl (C=O) groups is 2. The number of rotatable bonds is 6. The second-order valence-electron chi connectivity index (χ2n) is 7.41. The van der Waals surface area contributed by atoms with Crippen molar-refractivity contribution in [3.8, 4) is 0 Å². The lowest BCUT2D eigenvalue weighted by Gasteiger charge is -2.33. The highest BCUT2D eigenvalue weighted by atomic mass is 16.2. The number of hydrogen-bond donors (Lipinski definition) is 1. The molecule has 0 spiro atoms. The smallest absolute Gasteiger partial charge is 0.234 e. The molecule has 1 aliphatic rings. The van der Waals surface area contributed by atoms with Crippen LogP contribution >= 0.6 is 0 Å². The van der Waals surface area contributed by atoms with Crippen molar-refractivity contribution in [3.05, 3.63) is 35.4 Å². The number of benzene rings is 1. The summed E-state index contributed by atoms with van der Waals surface area (Å²) in [7, 11) is 0. The van der Waals surface area contributed by atoms with Crippen LogP contribution in [0.3, 0.4) is 0 Å². The fraction of sp³-hybridized carbons (Fsp3) is 0.600. The molecule has 138 valence electrons. The highest BCUT2D eigenvalue weighted by Gasteiger charge is 2.20. The number of amides is 2. The van der Waals surface area contributed by atoms with Crippen LogP contribution in [-0.2, 0) is 16.0 Å². The quantitative estimate of drug-likeness (QED) is 0.860. The van der Waals surface area contributed by atoms with Crippen LogP contribution in [0.15, 0.2) is 24.3 Å². The molecule has 0 bridgehead atoms. The van der Waals surface area contributed by atoms with Gasteiger partial charge in [0.15, 0.2) is 0 Å². The summed E-state index contributed by atoms with van der Waals surface area (Å²) in [5, 5.41) is 3.08. The Hall–Kier alpha value is -1.88. The van der Waals surface area contributed by atoms with Gasteiger partial charge in [0.25, 0.3) is 0 Å². The summed E-state index contributed by atoms with van der Waals surface area (Å²) in [5.74, 6) is 0.792. The van der Waals surface area contributed by atoms with Crippen LogP contribution in [0, 0.1) is 5.92 Å². The normalized spacial score (nSPS) is 16.8. The molecule has 5 nitrogen and oxygen atoms in total. The van der Waals surface area contributed by atoms with Gasteiger partial charge in [0.05, 0.1) is 12.6 Å². The van der Waals surface area contributed by atoms with Crippen molar-refractivity contribution < 1.29 is 9.59 Å². The summed E-state index contributed by atoms with van der Waals surface area (Å²) in [6.07, 6.45) is 1.08. The van der Waals surface area contributed by atoms with Crippen molar-refractivity contribution in [3.63, 3.8) is 0 Å². The van der Waals surface area contributed by atoms with Crippen molar-refractivity contribution in [2.24, 2.45) is 5.92 Å². The number of nitrogens with zero attached hydrogens (tertiary/aromatic N) is 2. The predicted octanol–water partition coefficient (Wildman–Crippen LogP) is 2.23. The van der Waals surface area contributed by atoms with E-state index in [2.05, 4.69) is 48.3 Å². The summed E-state index contributed by atoms with van der Waals surface area (Å²) < 4.78 is 0. The van der Waals surface area contributed by atoms with Crippen LogP contribution in [0.25, 0.3) is 0 Å². The lowest BCUT2D eigenvalue weighted by atomic mass is 10.00. The van der Waals surface area contributed by atoms with Crippen molar-refractivity contribution in [2.75, 3.05) is 32.7 Å². The molecule has 1 N–H and O–H groups in total. The van der Waals surface area contributed by atoms with E-state index in [1.165, 1.54) is 5.56 Å². The largest absolute Gasteiger partial charge is 0.348 e. The van der Waals surface area contributed by atoms with E-state index < -0.39 is 0 Å². The Morgan fingerprint density at radius 2 is 1.64 bits per heavy atom. The van der Waals surface area contributed by atoms with E-state index in [4.69, 9.17) is 0 Å². The molecule has 0 saturated carbocycles. The summed E-state index contributed by atoms with van der Waals surface area (Å²) in [6.45, 7) is 11.3. The highest BCUT2D eigenvalue weighted by Crippen LogP contribution is 2.15. The fourth-order valence-electron chi connectivity index (χ4n) is 3.21. The Morgan fingerprint density at radius 3 is 2.16 bits per heavy atom. The van der Waals surface area contributed by atoms with E-state index in [1.54, 1.807) is 6.92 Å². The molecule has 0 aromatic heterocycles. The zero-order valence-corrected chi connectivity index (χ0v) is 15.9. The molecule has 0 radical (unpaired) electrons. The minimum atomic E-state index is -0.000825. The Labute approximate surface area is 151 Å². The van der Waals surface area contributed by atoms with Crippen LogP contribution in [0.4, 0.5) is 0 Å². The van der Waals surface area contributed by atoms with Gasteiger partial charge in [-0.1, -0.05) is 38.1 Å². The first kappa shape index (κ1) is 19.4. The number of nitrogens with one attached hydrogen (secondary N) is 1. The maximum Gasteiger partial charge on any atom is 0.234 e. The van der Waals surface area contributed by atoms with E-state index in [0.29, 0.717) is 25.6 Å². The molecule has 1 atom stereocenters. The Kier molecular flexibility index (Phi) is 7.00. The van der Waals surface area contributed by atoms with Crippen molar-refractivity contribution in [1.82, 2.24) is 15.1 Å². The molecule has 2 rings (SSSR count). The molecule has 5 heteroatoms. The van der Waals surface area contributed by atoms with Gasteiger partial charge in [0.2, 0.25) is 11.8 Å². The number of hydrogen-bond acceptors (Lipinski definition) is 3. The van der Waals surface area contributed by atoms with Crippen LogP contribution in [-0.4, -0.2) is 54.3 Å². The molecule has 1 unspecified atom stereocenters. The lowest BCUT2D eigenvalue weighted by molar-refractivity contribution is -0.131. The molecule has 2 amide bonds. The van der Waals surface area contributed by atoms with E-state index in [9.17, 15) is 9.59 Å². The van der Waals surface area contributed by atoms with Gasteiger partial charge in [-0.3, -0.25) is 14.5 Å². The second-order valence-corrected chi connectivity index (χ2v) is 7.41. The minimum Gasteiger partial charge on any atom is -0.348 e. The number of carbonyl (C=O) groups excluding carboxylic acids is 2. The molecule has 1 aromatic carbocycles. The van der Waals surface area contributed by atoms with Gasteiger partial charge in [0, 0.05) is 33.1 Å². The van der Waals surface area contributed by atoms with Gasteiger partial charge >= 0.3 is 0 Å². The zero-order valence-electron chi connectivity index (χ0n) is 15.9. The van der Waals surface area contributed by atoms with Gasteiger partial charge in [-0.25, -0.2) is 0 Å². The van der Waals surface area contributed by atoms with Crippen LogP contribution in [0.5, 0.6) is 0 Å². The van der Waals surface area contributed by atoms with Crippen LogP contribution in [0.2, 0.25) is 0 Å². The molecule has 1 saturated heterocycles. The molecule has 0 aliphatic carbocycles. The first-order valence-corrected chi connectivity index (χ1v) is 9.21. The maximum atomic E-state index is 12.3. The SMILES string of the molecule is CC(=O)N1CCN(CC(=O)NC(C)c2ccc(CC(C)C)cc2)CC1. The summed E-state index contributed by atoms with van der Waals surface area (Å²) in [6, 6.07) is 8.51. The lowest BCUT2D eigenvalue weighted by Crippen LogP contribution is -2.50. The average Bonchev–Trinajstić information content (AvgIpc) is 2.55. The Balaban J connectivity index is 1.79. The molecule has 1 aliphatic heterocycles. The third-order valence-electron chi connectivity index (χ3n) is 4.69. The minimum absolute atomic E-state index is 0.000825. The fourth-order valence-corrected chi connectivity index (χ4v) is 3.21. The van der Waals surface area contributed by atoms with Crippen LogP contribution < -0.4 is 5.32 Å². The molecule has 1 fully saturated rings. The monoisotopic (exact) mass is 345 g/mol. The van der Waals surface area contributed by atoms with Gasteiger partial charge in [-0.05, 0) is 30.4 Å². The van der Waals surface area contributed by atoms with E-state index in [0.717, 1.165) is 25.1 Å². The van der Waals surface area contributed by atoms with Gasteiger partial charge in [-0.2, -0.15) is 0 Å². The Morgan fingerprint density at radius 1 is 1.04 bits per heavy atom. The van der Waals surface area contributed by atoms with E-state index in [-0.39, 0.29) is 17.9 Å². The molecular weight excluding hydrogens is 314 g/mol. The van der Waals surface area contributed by atoms with Gasteiger partial charge < -0.3 is 10.2 Å².